The molecule has 232 valence electrons. The summed E-state index contributed by atoms with van der Waals surface area (Å²) in [4.78, 5) is 30.8. The van der Waals surface area contributed by atoms with E-state index in [0.29, 0.717) is 17.0 Å². The van der Waals surface area contributed by atoms with Crippen molar-refractivity contribution < 1.29 is 13.6 Å². The maximum absolute atomic E-state index is 13.8. The largest absolute Gasteiger partial charge is 0.326 e. The molecular weight excluding hydrogens is 574 g/mol. The number of rotatable bonds is 8. The number of hydrogen-bond donors (Lipinski definition) is 0. The first kappa shape index (κ1) is 29.4. The Morgan fingerprint density at radius 3 is 2.47 bits per heavy atom. The highest BCUT2D eigenvalue weighted by Crippen LogP contribution is 2.36. The lowest BCUT2D eigenvalue weighted by Crippen LogP contribution is -2.41. The van der Waals surface area contributed by atoms with E-state index in [1.54, 1.807) is 22.8 Å². The van der Waals surface area contributed by atoms with Gasteiger partial charge in [0.05, 0.1) is 36.0 Å². The van der Waals surface area contributed by atoms with E-state index in [1.165, 1.54) is 50.3 Å². The Hall–Kier alpha value is -4.35. The van der Waals surface area contributed by atoms with Crippen molar-refractivity contribution in [2.45, 2.75) is 38.1 Å². The number of nitrogens with zero attached hydrogens (tertiary/aromatic N) is 8. The zero-order valence-electron chi connectivity index (χ0n) is 25.3. The number of aromatic nitrogens is 6. The predicted octanol–water partition coefficient (Wildman–Crippen LogP) is 5.34. The lowest BCUT2D eigenvalue weighted by molar-refractivity contribution is 0.0991. The molecule has 2 saturated heterocycles. The van der Waals surface area contributed by atoms with Crippen LogP contribution in [0.2, 0.25) is 0 Å². The van der Waals surface area contributed by atoms with Crippen molar-refractivity contribution >= 4 is 11.4 Å². The third-order valence-electron chi connectivity index (χ3n) is 9.22. The molecule has 9 nitrogen and oxygen atoms in total. The van der Waals surface area contributed by atoms with Crippen LogP contribution in [0.1, 0.15) is 47.8 Å². The summed E-state index contributed by atoms with van der Waals surface area (Å²) in [5, 5.41) is 4.91. The Morgan fingerprint density at radius 1 is 0.933 bits per heavy atom. The van der Waals surface area contributed by atoms with E-state index in [4.69, 9.17) is 10.1 Å². The summed E-state index contributed by atoms with van der Waals surface area (Å²) in [6.45, 7) is 5.60. The molecule has 7 rings (SSSR count). The Kier molecular flexibility index (Phi) is 8.20. The average molecular weight is 611 g/mol. The van der Waals surface area contributed by atoms with Crippen molar-refractivity contribution in [2.24, 2.45) is 5.92 Å². The number of carbonyl (C=O) groups is 1. The van der Waals surface area contributed by atoms with Gasteiger partial charge in [0.15, 0.2) is 11.4 Å². The van der Waals surface area contributed by atoms with Gasteiger partial charge < -0.3 is 14.4 Å². The van der Waals surface area contributed by atoms with Gasteiger partial charge in [-0.15, -0.1) is 0 Å². The maximum Gasteiger partial charge on any atom is 0.213 e. The van der Waals surface area contributed by atoms with Crippen LogP contribution in [-0.2, 0) is 6.42 Å². The first-order valence-corrected chi connectivity index (χ1v) is 15.6. The van der Waals surface area contributed by atoms with Crippen LogP contribution in [-0.4, -0.2) is 84.5 Å². The standard InChI is InChI=1S/C34H36F2N8O/c1-41-14-9-23(10-15-41)20-42-16-11-28(12-17-42)43-22-38-33(24-2-4-26(35)5-3-24)34(43)29-6-7-32-39-27(21-44(32)40-29)19-30(45)25-8-13-37-31(36)18-25/h2-8,13,18,21-23,28H,9-12,14-17,19-20H2,1H3. The molecule has 5 aromatic rings. The van der Waals surface area contributed by atoms with E-state index in [1.807, 2.05) is 18.5 Å². The molecule has 0 saturated carbocycles. The third-order valence-corrected chi connectivity index (χ3v) is 9.22. The van der Waals surface area contributed by atoms with Crippen molar-refractivity contribution in [3.8, 4) is 22.6 Å². The van der Waals surface area contributed by atoms with Crippen LogP contribution in [0, 0.1) is 17.7 Å². The summed E-state index contributed by atoms with van der Waals surface area (Å²) in [7, 11) is 2.21. The molecule has 6 heterocycles. The molecule has 0 N–H and O–H groups in total. The second kappa shape index (κ2) is 12.6. The van der Waals surface area contributed by atoms with Gasteiger partial charge in [0.2, 0.25) is 5.95 Å². The van der Waals surface area contributed by atoms with Gasteiger partial charge in [-0.3, -0.25) is 4.79 Å². The van der Waals surface area contributed by atoms with E-state index in [-0.39, 0.29) is 29.6 Å². The lowest BCUT2D eigenvalue weighted by Gasteiger charge is -2.37. The van der Waals surface area contributed by atoms with Crippen LogP contribution in [0.25, 0.3) is 28.3 Å². The van der Waals surface area contributed by atoms with Gasteiger partial charge in [-0.25, -0.2) is 23.9 Å². The number of halogens is 2. The van der Waals surface area contributed by atoms with Gasteiger partial charge in [0.25, 0.3) is 0 Å². The van der Waals surface area contributed by atoms with Gasteiger partial charge in [-0.05, 0) is 94.2 Å². The Balaban J connectivity index is 1.15. The van der Waals surface area contributed by atoms with E-state index in [0.717, 1.165) is 61.4 Å². The van der Waals surface area contributed by atoms with E-state index < -0.39 is 5.95 Å². The van der Waals surface area contributed by atoms with Gasteiger partial charge in [-0.2, -0.15) is 9.49 Å². The Bertz CT molecular complexity index is 1800. The average Bonchev–Trinajstić information content (AvgIpc) is 3.67. The van der Waals surface area contributed by atoms with Crippen LogP contribution in [0.5, 0.6) is 0 Å². The van der Waals surface area contributed by atoms with Gasteiger partial charge in [0, 0.05) is 49.1 Å². The van der Waals surface area contributed by atoms with Crippen LogP contribution in [0.4, 0.5) is 8.78 Å². The first-order chi connectivity index (χ1) is 21.9. The number of pyridine rings is 1. The number of ketones is 1. The molecule has 2 aliphatic rings. The molecule has 0 radical (unpaired) electrons. The normalized spacial score (nSPS) is 17.3. The number of piperidine rings is 2. The van der Waals surface area contributed by atoms with E-state index in [2.05, 4.69) is 31.4 Å². The second-order valence-electron chi connectivity index (χ2n) is 12.4. The third kappa shape index (κ3) is 6.41. The van der Waals surface area contributed by atoms with E-state index in [9.17, 15) is 13.6 Å². The van der Waals surface area contributed by atoms with E-state index >= 15 is 0 Å². The smallest absolute Gasteiger partial charge is 0.213 e. The predicted molar refractivity (Wildman–Crippen MR) is 167 cm³/mol. The number of imidazole rings is 2. The van der Waals surface area contributed by atoms with Gasteiger partial charge in [-0.1, -0.05) is 0 Å². The lowest BCUT2D eigenvalue weighted by atomic mass is 9.95. The molecule has 0 unspecified atom stereocenters. The van der Waals surface area contributed by atoms with Crippen LogP contribution >= 0.6 is 0 Å². The highest BCUT2D eigenvalue weighted by molar-refractivity contribution is 5.97. The number of Topliss-reactive ketones (excluding diaryl/α,β-unsaturated/α-hetero) is 1. The molecule has 45 heavy (non-hydrogen) atoms. The van der Waals surface area contributed by atoms with Crippen molar-refractivity contribution in [1.29, 1.82) is 0 Å². The number of hydrogen-bond acceptors (Lipinski definition) is 7. The summed E-state index contributed by atoms with van der Waals surface area (Å²) < 4.78 is 31.3. The summed E-state index contributed by atoms with van der Waals surface area (Å²) in [5.41, 5.74) is 4.51. The minimum atomic E-state index is -0.696. The van der Waals surface area contributed by atoms with Crippen molar-refractivity contribution in [1.82, 2.24) is 38.9 Å². The van der Waals surface area contributed by atoms with Crippen molar-refractivity contribution in [2.75, 3.05) is 39.8 Å². The monoisotopic (exact) mass is 610 g/mol. The zero-order valence-corrected chi connectivity index (χ0v) is 25.3. The van der Waals surface area contributed by atoms with Crippen molar-refractivity contribution in [3.05, 3.63) is 90.3 Å². The molecule has 0 amide bonds. The Morgan fingerprint density at radius 2 is 1.71 bits per heavy atom. The van der Waals surface area contributed by atoms with Gasteiger partial charge >= 0.3 is 0 Å². The fraction of sp³-hybridized carbons (Fsp3) is 0.382. The summed E-state index contributed by atoms with van der Waals surface area (Å²) in [6.07, 6.45) is 9.46. The quantitative estimate of drug-likeness (QED) is 0.173. The molecule has 0 aliphatic carbocycles. The second-order valence-corrected chi connectivity index (χ2v) is 12.4. The Labute approximate surface area is 260 Å². The molecule has 1 aromatic carbocycles. The highest BCUT2D eigenvalue weighted by Gasteiger charge is 2.28. The summed E-state index contributed by atoms with van der Waals surface area (Å²) >= 11 is 0. The minimum Gasteiger partial charge on any atom is -0.326 e. The molecular formula is C34H36F2N8O. The number of carbonyl (C=O) groups excluding carboxylic acids is 1. The maximum atomic E-state index is 13.8. The van der Waals surface area contributed by atoms with Gasteiger partial charge in [0.1, 0.15) is 11.5 Å². The number of fused-ring (bicyclic) bond motifs is 1. The zero-order chi connectivity index (χ0) is 30.9. The first-order valence-electron chi connectivity index (χ1n) is 15.6. The molecule has 11 heteroatoms. The minimum absolute atomic E-state index is 0.0110. The molecule has 2 aliphatic heterocycles. The van der Waals surface area contributed by atoms with Crippen LogP contribution in [0.15, 0.2) is 67.3 Å². The molecule has 2 fully saturated rings. The fourth-order valence-corrected chi connectivity index (χ4v) is 6.69. The molecule has 4 aromatic heterocycles. The summed E-state index contributed by atoms with van der Waals surface area (Å²) in [6, 6.07) is 13.1. The topological polar surface area (TPSA) is 84.5 Å². The SMILES string of the molecule is CN1CCC(CN2CCC(n3cnc(-c4ccc(F)cc4)c3-c3ccc4nc(CC(=O)c5ccnc(F)c5)cn4n3)CC2)CC1. The number of likely N-dealkylation sites (tertiary alicyclic amines) is 2. The molecule has 0 bridgehead atoms. The fourth-order valence-electron chi connectivity index (χ4n) is 6.69. The summed E-state index contributed by atoms with van der Waals surface area (Å²) in [5.74, 6) is -0.479. The van der Waals surface area contributed by atoms with Crippen LogP contribution < -0.4 is 0 Å². The molecule has 0 spiro atoms. The number of benzene rings is 1. The van der Waals surface area contributed by atoms with Crippen molar-refractivity contribution in [3.63, 3.8) is 0 Å². The molecule has 0 atom stereocenters. The highest BCUT2D eigenvalue weighted by atomic mass is 19.1. The van der Waals surface area contributed by atoms with Crippen LogP contribution in [0.3, 0.4) is 0 Å².